The van der Waals surface area contributed by atoms with Crippen LogP contribution in [0.2, 0.25) is 0 Å². The zero-order valence-corrected chi connectivity index (χ0v) is 19.6. The molecular weight excluding hydrogens is 424 g/mol. The SMILES string of the molecule is Cc1c(-c2cc(N)c3c(c2)=CC(N)(c2ccc4c(c2)CCN(C)C4)NC=3)cnc2c1NCCO2. The zero-order chi connectivity index (χ0) is 23.4. The Kier molecular flexibility index (Phi) is 4.79. The van der Waals surface area contributed by atoms with Crippen LogP contribution in [0.4, 0.5) is 11.4 Å². The minimum atomic E-state index is -0.811. The van der Waals surface area contributed by atoms with E-state index in [0.29, 0.717) is 18.2 Å². The Hall–Kier alpha value is -3.55. The maximum Gasteiger partial charge on any atom is 0.237 e. The molecular formula is C27H30N6O. The van der Waals surface area contributed by atoms with Crippen LogP contribution in [0, 0.1) is 6.92 Å². The monoisotopic (exact) mass is 454 g/mol. The van der Waals surface area contributed by atoms with Gasteiger partial charge in [-0.1, -0.05) is 18.2 Å². The van der Waals surface area contributed by atoms with Gasteiger partial charge in [0, 0.05) is 48.5 Å². The lowest BCUT2D eigenvalue weighted by Gasteiger charge is -2.32. The molecule has 0 bridgehead atoms. The third kappa shape index (κ3) is 3.40. The van der Waals surface area contributed by atoms with Crippen molar-refractivity contribution in [3.63, 3.8) is 0 Å². The van der Waals surface area contributed by atoms with Crippen molar-refractivity contribution in [1.82, 2.24) is 15.2 Å². The van der Waals surface area contributed by atoms with Gasteiger partial charge < -0.3 is 31.7 Å². The fourth-order valence-corrected chi connectivity index (χ4v) is 5.25. The van der Waals surface area contributed by atoms with Gasteiger partial charge in [-0.05, 0) is 71.6 Å². The van der Waals surface area contributed by atoms with Crippen molar-refractivity contribution in [2.45, 2.75) is 25.6 Å². The molecule has 0 fully saturated rings. The normalized spacial score (nSPS) is 20.9. The third-order valence-corrected chi connectivity index (χ3v) is 7.23. The molecule has 4 heterocycles. The van der Waals surface area contributed by atoms with E-state index in [4.69, 9.17) is 16.2 Å². The second-order valence-corrected chi connectivity index (χ2v) is 9.59. The molecule has 174 valence electrons. The largest absolute Gasteiger partial charge is 0.474 e. The summed E-state index contributed by atoms with van der Waals surface area (Å²) in [5.74, 6) is 0.655. The zero-order valence-electron chi connectivity index (χ0n) is 19.6. The Morgan fingerprint density at radius 2 is 2.06 bits per heavy atom. The summed E-state index contributed by atoms with van der Waals surface area (Å²) < 4.78 is 5.69. The Morgan fingerprint density at radius 3 is 2.94 bits per heavy atom. The molecule has 2 aromatic carbocycles. The standard InChI is InChI=1S/C27H30N6O/c1-16-22(13-31-26-25(16)30-6-8-34-26)19-9-20-12-27(29,32-14-23(20)24(28)11-19)21-4-3-18-15-33(2)7-5-17(18)10-21/h3-4,9-14,30,32H,5-8,15,28-29H2,1-2H3. The number of aromatic nitrogens is 1. The van der Waals surface area contributed by atoms with Crippen LogP contribution < -0.4 is 37.3 Å². The molecule has 1 atom stereocenters. The van der Waals surface area contributed by atoms with Crippen LogP contribution in [0.3, 0.4) is 0 Å². The number of pyridine rings is 1. The van der Waals surface area contributed by atoms with Crippen LogP contribution >= 0.6 is 0 Å². The smallest absolute Gasteiger partial charge is 0.237 e. The molecule has 0 radical (unpaired) electrons. The summed E-state index contributed by atoms with van der Waals surface area (Å²) in [6.45, 7) is 5.52. The molecule has 0 aliphatic carbocycles. The van der Waals surface area contributed by atoms with Crippen LogP contribution in [-0.4, -0.2) is 36.6 Å². The molecule has 0 amide bonds. The molecule has 0 saturated heterocycles. The summed E-state index contributed by atoms with van der Waals surface area (Å²) >= 11 is 0. The molecule has 7 heteroatoms. The summed E-state index contributed by atoms with van der Waals surface area (Å²) in [6.07, 6.45) is 6.93. The number of nitrogen functional groups attached to an aromatic ring is 1. The molecule has 34 heavy (non-hydrogen) atoms. The molecule has 0 spiro atoms. The quantitative estimate of drug-likeness (QED) is 0.434. The van der Waals surface area contributed by atoms with Crippen molar-refractivity contribution >= 4 is 23.7 Å². The van der Waals surface area contributed by atoms with Crippen molar-refractivity contribution in [2.24, 2.45) is 5.73 Å². The summed E-state index contributed by atoms with van der Waals surface area (Å²) in [4.78, 5) is 6.88. The highest BCUT2D eigenvalue weighted by atomic mass is 16.5. The lowest BCUT2D eigenvalue weighted by Crippen LogP contribution is -2.53. The maximum absolute atomic E-state index is 6.93. The van der Waals surface area contributed by atoms with Gasteiger partial charge in [-0.15, -0.1) is 0 Å². The number of hydrogen-bond donors (Lipinski definition) is 4. The van der Waals surface area contributed by atoms with Crippen molar-refractivity contribution in [3.8, 4) is 17.0 Å². The van der Waals surface area contributed by atoms with Gasteiger partial charge >= 0.3 is 0 Å². The first kappa shape index (κ1) is 21.0. The molecule has 3 aliphatic rings. The molecule has 1 unspecified atom stereocenters. The number of anilines is 2. The number of hydrogen-bond acceptors (Lipinski definition) is 7. The number of nitrogens with two attached hydrogens (primary N) is 2. The van der Waals surface area contributed by atoms with Gasteiger partial charge in [0.25, 0.3) is 0 Å². The van der Waals surface area contributed by atoms with E-state index in [1.165, 1.54) is 11.1 Å². The van der Waals surface area contributed by atoms with Gasteiger partial charge in [-0.3, -0.25) is 0 Å². The van der Waals surface area contributed by atoms with Gasteiger partial charge in [0.2, 0.25) is 5.88 Å². The lowest BCUT2D eigenvalue weighted by atomic mass is 9.90. The Bertz CT molecular complexity index is 1430. The number of nitrogens with zero attached hydrogens (tertiary/aromatic N) is 2. The van der Waals surface area contributed by atoms with E-state index in [9.17, 15) is 0 Å². The van der Waals surface area contributed by atoms with Crippen LogP contribution in [0.15, 0.2) is 36.5 Å². The summed E-state index contributed by atoms with van der Waals surface area (Å²) in [5, 5.41) is 8.78. The second kappa shape index (κ2) is 7.75. The highest BCUT2D eigenvalue weighted by Gasteiger charge is 2.27. The molecule has 7 nitrogen and oxygen atoms in total. The number of nitrogens with one attached hydrogen (secondary N) is 2. The molecule has 0 saturated carbocycles. The fourth-order valence-electron chi connectivity index (χ4n) is 5.25. The van der Waals surface area contributed by atoms with Crippen LogP contribution in [0.25, 0.3) is 23.4 Å². The van der Waals surface area contributed by atoms with Gasteiger partial charge in [-0.25, -0.2) is 4.98 Å². The topological polar surface area (TPSA) is 101 Å². The minimum Gasteiger partial charge on any atom is -0.474 e. The number of ether oxygens (including phenoxy) is 1. The Labute approximate surface area is 199 Å². The first-order valence-electron chi connectivity index (χ1n) is 11.8. The van der Waals surface area contributed by atoms with Gasteiger partial charge in [0.1, 0.15) is 18.0 Å². The number of likely N-dealkylation sites (N-methyl/N-ethyl adjacent to an activating group) is 1. The average molecular weight is 455 g/mol. The lowest BCUT2D eigenvalue weighted by molar-refractivity contribution is 0.310. The number of fused-ring (bicyclic) bond motifs is 3. The van der Waals surface area contributed by atoms with Crippen molar-refractivity contribution in [1.29, 1.82) is 0 Å². The van der Waals surface area contributed by atoms with E-state index in [0.717, 1.165) is 64.4 Å². The van der Waals surface area contributed by atoms with Crippen molar-refractivity contribution in [2.75, 3.05) is 37.8 Å². The van der Waals surface area contributed by atoms with Crippen LogP contribution in [0.1, 0.15) is 22.3 Å². The highest BCUT2D eigenvalue weighted by Crippen LogP contribution is 2.35. The van der Waals surface area contributed by atoms with E-state index in [-0.39, 0.29) is 0 Å². The van der Waals surface area contributed by atoms with E-state index in [1.54, 1.807) is 0 Å². The van der Waals surface area contributed by atoms with E-state index in [1.807, 2.05) is 18.5 Å². The van der Waals surface area contributed by atoms with E-state index >= 15 is 0 Å². The average Bonchev–Trinajstić information content (AvgIpc) is 2.83. The van der Waals surface area contributed by atoms with Crippen LogP contribution in [0.5, 0.6) is 5.88 Å². The van der Waals surface area contributed by atoms with Gasteiger partial charge in [0.05, 0.1) is 0 Å². The second-order valence-electron chi connectivity index (χ2n) is 9.59. The Morgan fingerprint density at radius 1 is 1.18 bits per heavy atom. The highest BCUT2D eigenvalue weighted by molar-refractivity contribution is 5.78. The summed E-state index contributed by atoms with van der Waals surface area (Å²) in [6, 6.07) is 10.8. The van der Waals surface area contributed by atoms with E-state index in [2.05, 4.69) is 64.8 Å². The van der Waals surface area contributed by atoms with Gasteiger partial charge in [-0.2, -0.15) is 0 Å². The first-order chi connectivity index (χ1) is 16.4. The predicted molar refractivity (Wildman–Crippen MR) is 136 cm³/mol. The molecule has 6 N–H and O–H groups in total. The van der Waals surface area contributed by atoms with Crippen molar-refractivity contribution in [3.05, 3.63) is 69.2 Å². The summed E-state index contributed by atoms with van der Waals surface area (Å²) in [7, 11) is 2.16. The number of rotatable bonds is 2. The fraction of sp³-hybridized carbons (Fsp3) is 0.296. The van der Waals surface area contributed by atoms with Gasteiger partial charge in [0.15, 0.2) is 0 Å². The van der Waals surface area contributed by atoms with E-state index < -0.39 is 5.66 Å². The third-order valence-electron chi connectivity index (χ3n) is 7.23. The van der Waals surface area contributed by atoms with Crippen LogP contribution in [-0.2, 0) is 18.6 Å². The Balaban J connectivity index is 1.44. The number of benzene rings is 2. The predicted octanol–water partition coefficient (Wildman–Crippen LogP) is 1.36. The first-order valence-corrected chi connectivity index (χ1v) is 11.8. The molecule has 3 aliphatic heterocycles. The molecule has 3 aromatic rings. The minimum absolute atomic E-state index is 0.625. The maximum atomic E-state index is 6.93. The summed E-state index contributed by atoms with van der Waals surface area (Å²) in [5.41, 5.74) is 21.2. The molecule has 6 rings (SSSR count). The molecule has 1 aromatic heterocycles. The van der Waals surface area contributed by atoms with Crippen molar-refractivity contribution < 1.29 is 4.74 Å².